The molecule has 0 radical (unpaired) electrons. The van der Waals surface area contributed by atoms with Crippen LogP contribution in [0.3, 0.4) is 0 Å². The molecule has 1 N–H and O–H groups in total. The van der Waals surface area contributed by atoms with E-state index in [1.54, 1.807) is 0 Å². The molecule has 2 unspecified atom stereocenters. The van der Waals surface area contributed by atoms with Gasteiger partial charge < -0.3 is 10.1 Å². The number of ketones is 1. The first kappa shape index (κ1) is 13.1. The Hall–Kier alpha value is -0.940. The van der Waals surface area contributed by atoms with E-state index in [0.29, 0.717) is 17.9 Å². The van der Waals surface area contributed by atoms with Gasteiger partial charge in [-0.05, 0) is 31.6 Å². The largest absolute Gasteiger partial charge is 0.381 e. The van der Waals surface area contributed by atoms with E-state index in [9.17, 15) is 9.59 Å². The molecular weight excluding hydrogens is 244 g/mol. The van der Waals surface area contributed by atoms with Crippen LogP contribution < -0.4 is 5.32 Å². The summed E-state index contributed by atoms with van der Waals surface area (Å²) < 4.78 is 5.39. The Morgan fingerprint density at radius 3 is 2.42 bits per heavy atom. The van der Waals surface area contributed by atoms with Crippen molar-refractivity contribution in [2.45, 2.75) is 25.8 Å². The normalized spacial score (nSPS) is 34.9. The van der Waals surface area contributed by atoms with Crippen molar-refractivity contribution in [2.24, 2.45) is 17.8 Å². The highest BCUT2D eigenvalue weighted by Crippen LogP contribution is 2.52. The van der Waals surface area contributed by atoms with Crippen molar-refractivity contribution in [3.63, 3.8) is 0 Å². The van der Waals surface area contributed by atoms with E-state index in [1.165, 1.54) is 6.92 Å². The average molecular weight is 266 g/mol. The number of Topliss-reactive ketones (excluding diaryl/α,β-unsaturated/α-hetero) is 1. The molecule has 2 aliphatic heterocycles. The molecule has 3 fully saturated rings. The molecule has 1 saturated carbocycles. The van der Waals surface area contributed by atoms with Crippen molar-refractivity contribution in [1.82, 2.24) is 10.2 Å². The van der Waals surface area contributed by atoms with E-state index in [-0.39, 0.29) is 24.2 Å². The smallest absolute Gasteiger partial charge is 0.224 e. The number of nitrogens with zero attached hydrogens (tertiary/aromatic N) is 1. The quantitative estimate of drug-likeness (QED) is 0.781. The number of rotatable bonds is 4. The number of nitrogens with one attached hydrogen (secondary N) is 1. The van der Waals surface area contributed by atoms with Crippen molar-refractivity contribution in [1.29, 1.82) is 0 Å². The summed E-state index contributed by atoms with van der Waals surface area (Å²) in [5.74, 6) is 1.31. The van der Waals surface area contributed by atoms with Crippen LogP contribution in [0.4, 0.5) is 0 Å². The van der Waals surface area contributed by atoms with Gasteiger partial charge in [-0.1, -0.05) is 0 Å². The maximum atomic E-state index is 11.9. The number of ether oxygens (including phenoxy) is 1. The van der Waals surface area contributed by atoms with Gasteiger partial charge in [-0.15, -0.1) is 0 Å². The Balaban J connectivity index is 1.45. The topological polar surface area (TPSA) is 58.6 Å². The van der Waals surface area contributed by atoms with Gasteiger partial charge in [-0.3, -0.25) is 14.5 Å². The van der Waals surface area contributed by atoms with Gasteiger partial charge in [0.15, 0.2) is 0 Å². The Bertz CT molecular complexity index is 367. The van der Waals surface area contributed by atoms with Crippen LogP contribution in [0.25, 0.3) is 0 Å². The predicted molar refractivity (Wildman–Crippen MR) is 69.6 cm³/mol. The zero-order valence-corrected chi connectivity index (χ0v) is 11.4. The van der Waals surface area contributed by atoms with Crippen LogP contribution in [0, 0.1) is 17.8 Å². The maximum Gasteiger partial charge on any atom is 0.224 e. The molecule has 1 amide bonds. The highest BCUT2D eigenvalue weighted by molar-refractivity contribution is 5.87. The Kier molecular flexibility index (Phi) is 3.58. The van der Waals surface area contributed by atoms with Crippen molar-refractivity contribution < 1.29 is 14.3 Å². The number of amides is 1. The van der Waals surface area contributed by atoms with Crippen LogP contribution in [0.1, 0.15) is 19.8 Å². The standard InChI is InChI=1S/C14H22N2O3/c1-9(17)6-15-14(18)13-11-7-16(8-12(11)13)10-2-4-19-5-3-10/h10-13H,2-8H2,1H3,(H,15,18). The summed E-state index contributed by atoms with van der Waals surface area (Å²) >= 11 is 0. The van der Waals surface area contributed by atoms with Crippen LogP contribution in [-0.4, -0.2) is 55.5 Å². The number of likely N-dealkylation sites (tertiary alicyclic amines) is 1. The van der Waals surface area contributed by atoms with Crippen LogP contribution >= 0.6 is 0 Å². The summed E-state index contributed by atoms with van der Waals surface area (Å²) in [6, 6.07) is 0.655. The third kappa shape index (κ3) is 2.67. The molecule has 2 saturated heterocycles. The number of fused-ring (bicyclic) bond motifs is 1. The van der Waals surface area contributed by atoms with Crippen molar-refractivity contribution in [2.75, 3.05) is 32.8 Å². The van der Waals surface area contributed by atoms with Gasteiger partial charge >= 0.3 is 0 Å². The monoisotopic (exact) mass is 266 g/mol. The Labute approximate surface area is 113 Å². The summed E-state index contributed by atoms with van der Waals surface area (Å²) in [6.45, 7) is 5.53. The van der Waals surface area contributed by atoms with Gasteiger partial charge in [-0.2, -0.15) is 0 Å². The summed E-state index contributed by atoms with van der Waals surface area (Å²) in [7, 11) is 0. The molecule has 0 aromatic carbocycles. The first-order chi connectivity index (χ1) is 9.16. The summed E-state index contributed by atoms with van der Waals surface area (Å²) in [4.78, 5) is 25.3. The van der Waals surface area contributed by atoms with Crippen molar-refractivity contribution >= 4 is 11.7 Å². The Morgan fingerprint density at radius 1 is 1.21 bits per heavy atom. The third-order valence-electron chi connectivity index (χ3n) is 4.74. The summed E-state index contributed by atoms with van der Waals surface area (Å²) in [6.07, 6.45) is 2.25. The van der Waals surface area contributed by atoms with Crippen LogP contribution in [0.5, 0.6) is 0 Å². The van der Waals surface area contributed by atoms with Gasteiger partial charge in [0.25, 0.3) is 0 Å². The lowest BCUT2D eigenvalue weighted by Gasteiger charge is -2.32. The lowest BCUT2D eigenvalue weighted by Crippen LogP contribution is -2.41. The fraction of sp³-hybridized carbons (Fsp3) is 0.857. The van der Waals surface area contributed by atoms with E-state index in [2.05, 4.69) is 10.2 Å². The zero-order chi connectivity index (χ0) is 13.4. The molecular formula is C14H22N2O3. The van der Waals surface area contributed by atoms with Gasteiger partial charge in [-0.25, -0.2) is 0 Å². The van der Waals surface area contributed by atoms with Crippen molar-refractivity contribution in [3.05, 3.63) is 0 Å². The average Bonchev–Trinajstić information content (AvgIpc) is 2.91. The molecule has 3 rings (SSSR count). The molecule has 106 valence electrons. The second kappa shape index (κ2) is 5.21. The maximum absolute atomic E-state index is 11.9. The number of hydrogen-bond donors (Lipinski definition) is 1. The van der Waals surface area contributed by atoms with E-state index < -0.39 is 0 Å². The van der Waals surface area contributed by atoms with Gasteiger partial charge in [0.2, 0.25) is 5.91 Å². The Morgan fingerprint density at radius 2 is 1.84 bits per heavy atom. The fourth-order valence-electron chi connectivity index (χ4n) is 3.63. The predicted octanol–water partition coefficient (Wildman–Crippen LogP) is 0.0484. The first-order valence-electron chi connectivity index (χ1n) is 7.26. The summed E-state index contributed by atoms with van der Waals surface area (Å²) in [5.41, 5.74) is 0. The SMILES string of the molecule is CC(=O)CNC(=O)C1C2CN(C3CCOCC3)CC21. The van der Waals surface area contributed by atoms with E-state index in [0.717, 1.165) is 39.1 Å². The third-order valence-corrected chi connectivity index (χ3v) is 4.74. The van der Waals surface area contributed by atoms with E-state index in [4.69, 9.17) is 4.74 Å². The first-order valence-corrected chi connectivity index (χ1v) is 7.26. The molecule has 0 bridgehead atoms. The summed E-state index contributed by atoms with van der Waals surface area (Å²) in [5, 5.41) is 2.74. The minimum Gasteiger partial charge on any atom is -0.381 e. The molecule has 1 aliphatic carbocycles. The molecule has 2 atom stereocenters. The van der Waals surface area contributed by atoms with Crippen LogP contribution in [0.15, 0.2) is 0 Å². The van der Waals surface area contributed by atoms with E-state index in [1.807, 2.05) is 0 Å². The lowest BCUT2D eigenvalue weighted by atomic mass is 10.1. The molecule has 0 aromatic heterocycles. The van der Waals surface area contributed by atoms with Gasteiger partial charge in [0.1, 0.15) is 5.78 Å². The van der Waals surface area contributed by atoms with Crippen LogP contribution in [0.2, 0.25) is 0 Å². The lowest BCUT2D eigenvalue weighted by molar-refractivity contribution is -0.126. The molecule has 3 aliphatic rings. The minimum atomic E-state index is 0.0167. The number of carbonyl (C=O) groups is 2. The van der Waals surface area contributed by atoms with E-state index >= 15 is 0 Å². The fourth-order valence-corrected chi connectivity index (χ4v) is 3.63. The van der Waals surface area contributed by atoms with Gasteiger partial charge in [0, 0.05) is 38.3 Å². The van der Waals surface area contributed by atoms with Crippen molar-refractivity contribution in [3.8, 4) is 0 Å². The molecule has 0 aromatic rings. The number of piperidine rings is 1. The minimum absolute atomic E-state index is 0.0167. The molecule has 19 heavy (non-hydrogen) atoms. The molecule has 2 heterocycles. The number of hydrogen-bond acceptors (Lipinski definition) is 4. The second-order valence-corrected chi connectivity index (χ2v) is 6.07. The highest BCUT2D eigenvalue weighted by Gasteiger charge is 2.59. The number of carbonyl (C=O) groups excluding carboxylic acids is 2. The molecule has 5 nitrogen and oxygen atoms in total. The van der Waals surface area contributed by atoms with Crippen LogP contribution in [-0.2, 0) is 14.3 Å². The highest BCUT2D eigenvalue weighted by atomic mass is 16.5. The molecule has 0 spiro atoms. The molecule has 5 heteroatoms. The zero-order valence-electron chi connectivity index (χ0n) is 11.4. The second-order valence-electron chi connectivity index (χ2n) is 6.07. The van der Waals surface area contributed by atoms with Gasteiger partial charge in [0.05, 0.1) is 6.54 Å².